The summed E-state index contributed by atoms with van der Waals surface area (Å²) < 4.78 is 11.1. The molecule has 6 heteroatoms. The third-order valence-corrected chi connectivity index (χ3v) is 6.18. The fourth-order valence-electron chi connectivity index (χ4n) is 4.37. The van der Waals surface area contributed by atoms with E-state index in [9.17, 15) is 9.79 Å². The topological polar surface area (TPSA) is 58.9 Å². The van der Waals surface area contributed by atoms with Crippen LogP contribution in [0, 0.1) is 53.8 Å². The standard InChI is InChI=1S/C24H24O4P2/c1-4-5-6-7-10-18-15-17(2)21-13-9-14-22(18)23(21)24(27-3)19-11-8-12-20(16-19)28-30(25,26)29/h1,8,11-12,15-16,18,21-22,25-26,29H,9,13-14H2,2-3H3. The van der Waals surface area contributed by atoms with Gasteiger partial charge in [0.1, 0.15) is 11.5 Å². The molecular formula is C24H24O4P2. The van der Waals surface area contributed by atoms with Crippen molar-refractivity contribution in [2.75, 3.05) is 7.11 Å². The molecule has 2 aliphatic carbocycles. The van der Waals surface area contributed by atoms with E-state index in [-0.39, 0.29) is 11.8 Å². The molecule has 2 aliphatic rings. The molecule has 1 aromatic rings. The first-order valence-electron chi connectivity index (χ1n) is 9.66. The van der Waals surface area contributed by atoms with Gasteiger partial charge in [0.05, 0.1) is 7.11 Å². The van der Waals surface area contributed by atoms with Gasteiger partial charge >= 0.3 is 7.23 Å². The highest BCUT2D eigenvalue weighted by Crippen LogP contribution is 2.50. The summed E-state index contributed by atoms with van der Waals surface area (Å²) in [5.41, 5.74) is 3.34. The number of hydrogen-bond donors (Lipinski definition) is 2. The molecule has 154 valence electrons. The van der Waals surface area contributed by atoms with Gasteiger partial charge in [-0.1, -0.05) is 36.1 Å². The Balaban J connectivity index is 2.09. The molecular weight excluding hydrogens is 414 g/mol. The van der Waals surface area contributed by atoms with Gasteiger partial charge in [0, 0.05) is 23.3 Å². The number of ether oxygens (including phenoxy) is 1. The Morgan fingerprint density at radius 1 is 1.23 bits per heavy atom. The summed E-state index contributed by atoms with van der Waals surface area (Å²) in [6.07, 6.45) is 10.6. The Morgan fingerprint density at radius 3 is 2.73 bits per heavy atom. The van der Waals surface area contributed by atoms with Gasteiger partial charge in [-0.15, -0.1) is 6.42 Å². The fourth-order valence-corrected chi connectivity index (χ4v) is 5.10. The third-order valence-electron chi connectivity index (χ3n) is 5.44. The lowest BCUT2D eigenvalue weighted by molar-refractivity contribution is 0.308. The van der Waals surface area contributed by atoms with E-state index in [1.807, 2.05) is 6.07 Å². The first-order valence-corrected chi connectivity index (χ1v) is 12.6. The maximum absolute atomic E-state index is 9.60. The van der Waals surface area contributed by atoms with Crippen LogP contribution >= 0.6 is 15.8 Å². The number of methoxy groups -OCH3 is 1. The van der Waals surface area contributed by atoms with Gasteiger partial charge in [-0.25, -0.2) is 0 Å². The molecule has 30 heavy (non-hydrogen) atoms. The maximum atomic E-state index is 9.60. The van der Waals surface area contributed by atoms with Crippen molar-refractivity contribution in [3.05, 3.63) is 47.1 Å². The van der Waals surface area contributed by atoms with Crippen molar-refractivity contribution >= 4 is 21.5 Å². The minimum atomic E-state index is -3.59. The molecule has 4 nitrogen and oxygen atoms in total. The lowest BCUT2D eigenvalue weighted by atomic mass is 9.64. The Labute approximate surface area is 180 Å². The molecule has 1 fully saturated rings. The Bertz CT molecular complexity index is 1100. The number of allylic oxidation sites excluding steroid dienone is 3. The molecule has 0 aromatic heterocycles. The summed E-state index contributed by atoms with van der Waals surface area (Å²) in [4.78, 5) is 19.2. The van der Waals surface area contributed by atoms with E-state index in [4.69, 9.17) is 15.7 Å². The molecule has 0 aliphatic heterocycles. The summed E-state index contributed by atoms with van der Waals surface area (Å²) in [6.45, 7) is 2.14. The number of fused-ring (bicyclic) bond motifs is 2. The van der Waals surface area contributed by atoms with Gasteiger partial charge in [-0.3, -0.25) is 0 Å². The van der Waals surface area contributed by atoms with E-state index in [1.54, 1.807) is 25.3 Å². The number of rotatable bonds is 4. The molecule has 1 aromatic carbocycles. The van der Waals surface area contributed by atoms with Crippen molar-refractivity contribution in [3.8, 4) is 41.8 Å². The van der Waals surface area contributed by atoms with E-state index in [0.717, 1.165) is 30.6 Å². The first-order chi connectivity index (χ1) is 14.3. The van der Waals surface area contributed by atoms with E-state index in [2.05, 4.69) is 51.1 Å². The Morgan fingerprint density at radius 2 is 2.03 bits per heavy atom. The number of benzene rings is 1. The Kier molecular flexibility index (Phi) is 7.16. The van der Waals surface area contributed by atoms with E-state index < -0.39 is 7.23 Å². The molecule has 0 saturated heterocycles. The summed E-state index contributed by atoms with van der Waals surface area (Å²) in [5.74, 6) is 15.4. The second kappa shape index (κ2) is 9.63. The molecule has 0 radical (unpaired) electrons. The largest absolute Gasteiger partial charge is 0.496 e. The van der Waals surface area contributed by atoms with Crippen LogP contribution in [0.15, 0.2) is 41.5 Å². The summed E-state index contributed by atoms with van der Waals surface area (Å²) in [5, 5.41) is 0. The van der Waals surface area contributed by atoms with Gasteiger partial charge < -0.3 is 19.0 Å². The molecule has 3 rings (SSSR count). The zero-order valence-electron chi connectivity index (χ0n) is 17.0. The summed E-state index contributed by atoms with van der Waals surface area (Å²) in [7, 11) is 0.900. The van der Waals surface area contributed by atoms with Crippen molar-refractivity contribution in [3.63, 3.8) is 0 Å². The quantitative estimate of drug-likeness (QED) is 0.305. The zero-order valence-corrected chi connectivity index (χ0v) is 18.9. The lowest BCUT2D eigenvalue weighted by Crippen LogP contribution is -2.31. The van der Waals surface area contributed by atoms with Crippen LogP contribution in [0.2, 0.25) is 0 Å². The van der Waals surface area contributed by atoms with Crippen LogP contribution in [0.3, 0.4) is 0 Å². The molecule has 0 amide bonds. The first kappa shape index (κ1) is 22.3. The SMILES string of the molecule is C#CC#CC#CC1C=C(C)C2CCCC1C2=C(OC)c1cccc(OP(O)(O)=P)c1. The minimum absolute atomic E-state index is 0.0453. The maximum Gasteiger partial charge on any atom is 0.322 e. The molecule has 2 N–H and O–H groups in total. The van der Waals surface area contributed by atoms with Crippen molar-refractivity contribution in [2.24, 2.45) is 17.8 Å². The summed E-state index contributed by atoms with van der Waals surface area (Å²) >= 11 is 0. The van der Waals surface area contributed by atoms with Crippen LogP contribution < -0.4 is 4.52 Å². The molecule has 0 spiro atoms. The van der Waals surface area contributed by atoms with Gasteiger partial charge in [-0.2, -0.15) is 0 Å². The predicted molar refractivity (Wildman–Crippen MR) is 123 cm³/mol. The van der Waals surface area contributed by atoms with Crippen molar-refractivity contribution in [1.82, 2.24) is 0 Å². The fraction of sp³-hybridized carbons (Fsp3) is 0.333. The molecule has 0 heterocycles. The van der Waals surface area contributed by atoms with Gasteiger partial charge in [-0.05, 0) is 69.7 Å². The van der Waals surface area contributed by atoms with Gasteiger partial charge in [0.25, 0.3) is 0 Å². The molecule has 3 unspecified atom stereocenters. The van der Waals surface area contributed by atoms with E-state index >= 15 is 0 Å². The molecule has 1 saturated carbocycles. The lowest BCUT2D eigenvalue weighted by Gasteiger charge is -2.41. The van der Waals surface area contributed by atoms with Crippen LogP contribution in [-0.4, -0.2) is 16.9 Å². The second-order valence-corrected chi connectivity index (χ2v) is 10.4. The normalized spacial score (nSPS) is 24.1. The summed E-state index contributed by atoms with van der Waals surface area (Å²) in [6, 6.07) is 7.17. The average Bonchev–Trinajstić information content (AvgIpc) is 2.69. The van der Waals surface area contributed by atoms with Gasteiger partial charge in [0.2, 0.25) is 0 Å². The van der Waals surface area contributed by atoms with Crippen molar-refractivity contribution in [1.29, 1.82) is 0 Å². The van der Waals surface area contributed by atoms with Crippen LogP contribution in [0.4, 0.5) is 0 Å². The van der Waals surface area contributed by atoms with E-state index in [0.29, 0.717) is 11.7 Å². The Hall–Kier alpha value is -2.37. The van der Waals surface area contributed by atoms with E-state index in [1.165, 1.54) is 11.1 Å². The monoisotopic (exact) mass is 438 g/mol. The van der Waals surface area contributed by atoms with Crippen LogP contribution in [0.1, 0.15) is 31.7 Å². The highest BCUT2D eigenvalue weighted by molar-refractivity contribution is 7.88. The van der Waals surface area contributed by atoms with Gasteiger partial charge in [0.15, 0.2) is 0 Å². The molecule has 3 atom stereocenters. The zero-order chi connectivity index (χ0) is 21.7. The van der Waals surface area contributed by atoms with Crippen LogP contribution in [0.5, 0.6) is 5.75 Å². The van der Waals surface area contributed by atoms with Crippen LogP contribution in [-0.2, 0) is 4.74 Å². The average molecular weight is 438 g/mol. The smallest absolute Gasteiger partial charge is 0.322 e. The highest BCUT2D eigenvalue weighted by Gasteiger charge is 2.39. The number of hydrogen-bond acceptors (Lipinski definition) is 2. The number of terminal acetylenes is 1. The van der Waals surface area contributed by atoms with Crippen LogP contribution in [0.25, 0.3) is 5.76 Å². The minimum Gasteiger partial charge on any atom is -0.496 e. The molecule has 2 bridgehead atoms. The third kappa shape index (κ3) is 5.21. The van der Waals surface area contributed by atoms with Crippen molar-refractivity contribution < 1.29 is 19.0 Å². The predicted octanol–water partition coefficient (Wildman–Crippen LogP) is 4.86. The second-order valence-electron chi connectivity index (χ2n) is 7.34. The highest BCUT2D eigenvalue weighted by atomic mass is 31.8. The van der Waals surface area contributed by atoms with Crippen molar-refractivity contribution in [2.45, 2.75) is 26.2 Å².